The molecule has 3 aromatic rings. The number of aliphatic hydroxyl groups excluding tert-OH is 1. The van der Waals surface area contributed by atoms with Crippen LogP contribution in [0.15, 0.2) is 48.7 Å². The Bertz CT molecular complexity index is 1240. The van der Waals surface area contributed by atoms with Crippen LogP contribution in [0, 0.1) is 0 Å². The lowest BCUT2D eigenvalue weighted by molar-refractivity contribution is 0.1000. The van der Waals surface area contributed by atoms with Crippen LogP contribution in [0.5, 0.6) is 0 Å². The summed E-state index contributed by atoms with van der Waals surface area (Å²) in [4.78, 5) is 32.3. The lowest BCUT2D eigenvalue weighted by Crippen LogP contribution is -2.53. The van der Waals surface area contributed by atoms with E-state index in [1.165, 1.54) is 6.20 Å². The SMILES string of the molecule is CC1CN(c2ncc(C(N)=O)cc2Cl)CCN1c1cc(-c2ccccc2)nc(N2CCCC2CO)n1. The molecule has 2 aliphatic rings. The molecular weight excluding hydrogens is 478 g/mol. The molecule has 4 heterocycles. The summed E-state index contributed by atoms with van der Waals surface area (Å²) < 4.78 is 0. The number of aliphatic hydroxyl groups is 1. The van der Waals surface area contributed by atoms with Gasteiger partial charge in [0.15, 0.2) is 0 Å². The van der Waals surface area contributed by atoms with Crippen molar-refractivity contribution in [1.82, 2.24) is 15.0 Å². The second-order valence-electron chi connectivity index (χ2n) is 9.33. The summed E-state index contributed by atoms with van der Waals surface area (Å²) in [6.07, 6.45) is 3.41. The predicted molar refractivity (Wildman–Crippen MR) is 142 cm³/mol. The number of amides is 1. The van der Waals surface area contributed by atoms with Crippen molar-refractivity contribution < 1.29 is 9.90 Å². The fraction of sp³-hybridized carbons (Fsp3) is 0.385. The number of rotatable bonds is 6. The predicted octanol–water partition coefficient (Wildman–Crippen LogP) is 2.97. The lowest BCUT2D eigenvalue weighted by Gasteiger charge is -2.41. The second kappa shape index (κ2) is 10.3. The first-order valence-electron chi connectivity index (χ1n) is 12.2. The van der Waals surface area contributed by atoms with Gasteiger partial charge in [-0.3, -0.25) is 4.79 Å². The number of halogens is 1. The number of hydrogen-bond donors (Lipinski definition) is 2. The molecule has 188 valence electrons. The van der Waals surface area contributed by atoms with E-state index in [1.807, 2.05) is 36.4 Å². The van der Waals surface area contributed by atoms with Gasteiger partial charge in [-0.25, -0.2) is 9.97 Å². The van der Waals surface area contributed by atoms with Crippen LogP contribution in [0.3, 0.4) is 0 Å². The van der Waals surface area contributed by atoms with E-state index in [0.717, 1.165) is 36.5 Å². The molecule has 0 saturated carbocycles. The first-order chi connectivity index (χ1) is 17.4. The van der Waals surface area contributed by atoms with E-state index in [4.69, 9.17) is 27.3 Å². The number of primary amides is 1. The highest BCUT2D eigenvalue weighted by Crippen LogP contribution is 2.32. The Balaban J connectivity index is 1.44. The van der Waals surface area contributed by atoms with Gasteiger partial charge in [-0.15, -0.1) is 0 Å². The number of pyridine rings is 1. The minimum absolute atomic E-state index is 0.0368. The van der Waals surface area contributed by atoms with E-state index < -0.39 is 5.91 Å². The van der Waals surface area contributed by atoms with Crippen molar-refractivity contribution >= 4 is 35.1 Å². The van der Waals surface area contributed by atoms with Crippen LogP contribution in [-0.4, -0.2) is 70.8 Å². The maximum absolute atomic E-state index is 11.5. The van der Waals surface area contributed by atoms with Crippen molar-refractivity contribution in [3.05, 3.63) is 59.2 Å². The Morgan fingerprint density at radius 2 is 1.94 bits per heavy atom. The Morgan fingerprint density at radius 1 is 1.14 bits per heavy atom. The van der Waals surface area contributed by atoms with Crippen molar-refractivity contribution in [3.8, 4) is 11.3 Å². The standard InChI is InChI=1S/C26H30ClN7O2/c1-17-15-32(25-21(27)12-19(14-29-25)24(28)36)10-11-33(17)23-13-22(18-6-3-2-4-7-18)30-26(31-23)34-9-5-8-20(34)16-35/h2-4,6-7,12-14,17,20,35H,5,8-11,15-16H2,1H3,(H2,28,36). The minimum Gasteiger partial charge on any atom is -0.394 e. The van der Waals surface area contributed by atoms with Crippen LogP contribution < -0.4 is 20.4 Å². The van der Waals surface area contributed by atoms with Gasteiger partial charge in [-0.05, 0) is 25.8 Å². The van der Waals surface area contributed by atoms with Gasteiger partial charge in [0, 0.05) is 50.0 Å². The third-order valence-corrected chi connectivity index (χ3v) is 7.22. The van der Waals surface area contributed by atoms with Gasteiger partial charge in [0.05, 0.1) is 28.9 Å². The van der Waals surface area contributed by atoms with E-state index in [9.17, 15) is 9.90 Å². The average molecular weight is 508 g/mol. The Labute approximate surface area is 215 Å². The van der Waals surface area contributed by atoms with Gasteiger partial charge in [0.2, 0.25) is 11.9 Å². The monoisotopic (exact) mass is 507 g/mol. The Morgan fingerprint density at radius 3 is 2.64 bits per heavy atom. The first kappa shape index (κ1) is 24.3. The van der Waals surface area contributed by atoms with Crippen LogP contribution in [0.2, 0.25) is 5.02 Å². The third-order valence-electron chi connectivity index (χ3n) is 6.94. The minimum atomic E-state index is -0.552. The number of carbonyl (C=O) groups is 1. The van der Waals surface area contributed by atoms with Crippen molar-refractivity contribution in [2.24, 2.45) is 5.73 Å². The number of hydrogen-bond acceptors (Lipinski definition) is 8. The highest BCUT2D eigenvalue weighted by Gasteiger charge is 2.30. The summed E-state index contributed by atoms with van der Waals surface area (Å²) in [5.74, 6) is 1.61. The maximum atomic E-state index is 11.5. The van der Waals surface area contributed by atoms with Gasteiger partial charge in [0.1, 0.15) is 11.6 Å². The molecule has 5 rings (SSSR count). The molecule has 3 N–H and O–H groups in total. The molecule has 0 bridgehead atoms. The summed E-state index contributed by atoms with van der Waals surface area (Å²) in [5, 5.41) is 10.3. The molecule has 2 fully saturated rings. The zero-order valence-electron chi connectivity index (χ0n) is 20.2. The molecule has 0 aliphatic carbocycles. The van der Waals surface area contributed by atoms with Crippen LogP contribution in [0.25, 0.3) is 11.3 Å². The normalized spacial score (nSPS) is 20.1. The molecule has 2 saturated heterocycles. The van der Waals surface area contributed by atoms with Crippen molar-refractivity contribution in [2.45, 2.75) is 31.8 Å². The second-order valence-corrected chi connectivity index (χ2v) is 9.74. The molecule has 2 aliphatic heterocycles. The van der Waals surface area contributed by atoms with Crippen LogP contribution >= 0.6 is 11.6 Å². The van der Waals surface area contributed by atoms with Crippen molar-refractivity contribution in [1.29, 1.82) is 0 Å². The molecule has 36 heavy (non-hydrogen) atoms. The number of aromatic nitrogens is 3. The van der Waals surface area contributed by atoms with E-state index in [-0.39, 0.29) is 18.7 Å². The fourth-order valence-corrected chi connectivity index (χ4v) is 5.32. The Kier molecular flexibility index (Phi) is 6.93. The fourth-order valence-electron chi connectivity index (χ4n) is 5.03. The van der Waals surface area contributed by atoms with E-state index in [1.54, 1.807) is 6.07 Å². The third kappa shape index (κ3) is 4.81. The van der Waals surface area contributed by atoms with Gasteiger partial charge >= 0.3 is 0 Å². The number of anilines is 3. The molecule has 2 atom stereocenters. The van der Waals surface area contributed by atoms with Gasteiger partial charge in [0.25, 0.3) is 0 Å². The smallest absolute Gasteiger partial charge is 0.250 e. The summed E-state index contributed by atoms with van der Waals surface area (Å²) in [5.41, 5.74) is 7.54. The molecule has 1 aromatic carbocycles. The largest absolute Gasteiger partial charge is 0.394 e. The molecule has 1 amide bonds. The van der Waals surface area contributed by atoms with Gasteiger partial charge in [-0.1, -0.05) is 41.9 Å². The number of piperazine rings is 1. The number of nitrogens with two attached hydrogens (primary N) is 1. The van der Waals surface area contributed by atoms with Crippen molar-refractivity contribution in [3.63, 3.8) is 0 Å². The highest BCUT2D eigenvalue weighted by molar-refractivity contribution is 6.33. The summed E-state index contributed by atoms with van der Waals surface area (Å²) in [7, 11) is 0. The quantitative estimate of drug-likeness (QED) is 0.523. The number of nitrogens with zero attached hydrogens (tertiary/aromatic N) is 6. The van der Waals surface area contributed by atoms with E-state index in [0.29, 0.717) is 42.0 Å². The Hall–Kier alpha value is -3.43. The zero-order valence-corrected chi connectivity index (χ0v) is 21.0. The molecular formula is C26H30ClN7O2. The number of benzene rings is 1. The molecule has 2 unspecified atom stereocenters. The van der Waals surface area contributed by atoms with Crippen molar-refractivity contribution in [2.75, 3.05) is 47.5 Å². The lowest BCUT2D eigenvalue weighted by atomic mass is 10.1. The molecule has 0 spiro atoms. The summed E-state index contributed by atoms with van der Waals surface area (Å²) in [6.45, 7) is 5.16. The zero-order chi connectivity index (χ0) is 25.2. The van der Waals surface area contributed by atoms with E-state index >= 15 is 0 Å². The highest BCUT2D eigenvalue weighted by atomic mass is 35.5. The van der Waals surface area contributed by atoms with Gasteiger partial charge < -0.3 is 25.5 Å². The molecule has 2 aromatic heterocycles. The summed E-state index contributed by atoms with van der Waals surface area (Å²) in [6, 6.07) is 13.9. The molecule has 9 nitrogen and oxygen atoms in total. The van der Waals surface area contributed by atoms with Crippen LogP contribution in [0.4, 0.5) is 17.6 Å². The van der Waals surface area contributed by atoms with E-state index in [2.05, 4.69) is 26.6 Å². The average Bonchev–Trinajstić information content (AvgIpc) is 3.38. The topological polar surface area (TPSA) is 112 Å². The summed E-state index contributed by atoms with van der Waals surface area (Å²) >= 11 is 6.45. The molecule has 10 heteroatoms. The number of carbonyl (C=O) groups excluding carboxylic acids is 1. The maximum Gasteiger partial charge on any atom is 0.250 e. The van der Waals surface area contributed by atoms with Crippen LogP contribution in [0.1, 0.15) is 30.1 Å². The van der Waals surface area contributed by atoms with Gasteiger partial charge in [-0.2, -0.15) is 4.98 Å². The van der Waals surface area contributed by atoms with Crippen LogP contribution in [-0.2, 0) is 0 Å². The first-order valence-corrected chi connectivity index (χ1v) is 12.6. The molecule has 0 radical (unpaired) electrons.